The van der Waals surface area contributed by atoms with Gasteiger partial charge in [0.1, 0.15) is 0 Å². The van der Waals surface area contributed by atoms with E-state index in [2.05, 4.69) is 0 Å². The first-order valence-corrected chi connectivity index (χ1v) is 3.04. The van der Waals surface area contributed by atoms with Crippen LogP contribution >= 0.6 is 0 Å². The van der Waals surface area contributed by atoms with Gasteiger partial charge in [0.15, 0.2) is 0 Å². The van der Waals surface area contributed by atoms with Gasteiger partial charge in [-0.25, -0.2) is 0 Å². The second-order valence-electron chi connectivity index (χ2n) is 2.58. The van der Waals surface area contributed by atoms with Crippen molar-refractivity contribution >= 4 is 0 Å². The van der Waals surface area contributed by atoms with Gasteiger partial charge in [0.25, 0.3) is 0 Å². The summed E-state index contributed by atoms with van der Waals surface area (Å²) in [6.45, 7) is 2.02. The Morgan fingerprint density at radius 1 is 1.75 bits per heavy atom. The first kappa shape index (κ1) is 6.05. The van der Waals surface area contributed by atoms with E-state index < -0.39 is 0 Å². The molecule has 1 fully saturated rings. The SMILES string of the molecule is C[C@H](O)[C@H]1C[C@H]1CO. The summed E-state index contributed by atoms with van der Waals surface area (Å²) < 4.78 is 0. The van der Waals surface area contributed by atoms with E-state index in [1.54, 1.807) is 6.92 Å². The molecule has 0 spiro atoms. The molecule has 0 heterocycles. The van der Waals surface area contributed by atoms with Gasteiger partial charge in [0.2, 0.25) is 0 Å². The number of hydrogen-bond donors (Lipinski definition) is 2. The van der Waals surface area contributed by atoms with Crippen LogP contribution in [0.4, 0.5) is 0 Å². The largest absolute Gasteiger partial charge is 0.396 e. The van der Waals surface area contributed by atoms with Crippen molar-refractivity contribution in [2.45, 2.75) is 19.4 Å². The van der Waals surface area contributed by atoms with E-state index in [-0.39, 0.29) is 12.7 Å². The average Bonchev–Trinajstić information content (AvgIpc) is 2.42. The molecule has 0 aromatic carbocycles. The highest BCUT2D eigenvalue weighted by Gasteiger charge is 2.39. The number of hydrogen-bond acceptors (Lipinski definition) is 2. The lowest BCUT2D eigenvalue weighted by atomic mass is 10.2. The molecule has 0 bridgehead atoms. The third-order valence-electron chi connectivity index (χ3n) is 1.83. The molecule has 1 rings (SSSR count). The maximum Gasteiger partial charge on any atom is 0.0543 e. The number of aliphatic hydroxyl groups is 2. The molecular weight excluding hydrogens is 104 g/mol. The van der Waals surface area contributed by atoms with Crippen molar-refractivity contribution in [3.8, 4) is 0 Å². The lowest BCUT2D eigenvalue weighted by molar-refractivity contribution is 0.153. The van der Waals surface area contributed by atoms with Gasteiger partial charge in [0.05, 0.1) is 6.10 Å². The van der Waals surface area contributed by atoms with Crippen molar-refractivity contribution in [2.24, 2.45) is 11.8 Å². The molecule has 1 saturated carbocycles. The van der Waals surface area contributed by atoms with Crippen molar-refractivity contribution < 1.29 is 10.2 Å². The van der Waals surface area contributed by atoms with Gasteiger partial charge in [-0.1, -0.05) is 0 Å². The van der Waals surface area contributed by atoms with Crippen molar-refractivity contribution in [1.29, 1.82) is 0 Å². The first-order chi connectivity index (χ1) is 3.75. The summed E-state index contributed by atoms with van der Waals surface area (Å²) in [6, 6.07) is 0. The highest BCUT2D eigenvalue weighted by molar-refractivity contribution is 4.88. The van der Waals surface area contributed by atoms with Crippen LogP contribution in [0.3, 0.4) is 0 Å². The molecule has 1 aliphatic rings. The topological polar surface area (TPSA) is 40.5 Å². The second kappa shape index (κ2) is 2.03. The Morgan fingerprint density at radius 2 is 2.38 bits per heavy atom. The number of aliphatic hydroxyl groups excluding tert-OH is 2. The average molecular weight is 116 g/mol. The van der Waals surface area contributed by atoms with Gasteiger partial charge in [-0.05, 0) is 25.2 Å². The van der Waals surface area contributed by atoms with Crippen molar-refractivity contribution in [2.75, 3.05) is 6.61 Å². The molecule has 2 heteroatoms. The van der Waals surface area contributed by atoms with Crippen LogP contribution in [0, 0.1) is 11.8 Å². The molecule has 0 radical (unpaired) electrons. The van der Waals surface area contributed by atoms with Crippen molar-refractivity contribution in [3.63, 3.8) is 0 Å². The second-order valence-corrected chi connectivity index (χ2v) is 2.58. The fraction of sp³-hybridized carbons (Fsp3) is 1.00. The molecule has 48 valence electrons. The van der Waals surface area contributed by atoms with Crippen LogP contribution in [-0.4, -0.2) is 22.9 Å². The third-order valence-corrected chi connectivity index (χ3v) is 1.83. The summed E-state index contributed by atoms with van der Waals surface area (Å²) in [5, 5.41) is 17.4. The van der Waals surface area contributed by atoms with E-state index in [1.165, 1.54) is 0 Å². The Labute approximate surface area is 49.1 Å². The lowest BCUT2D eigenvalue weighted by Gasteiger charge is -1.98. The Balaban J connectivity index is 2.16. The van der Waals surface area contributed by atoms with Gasteiger partial charge < -0.3 is 10.2 Å². The maximum absolute atomic E-state index is 8.88. The van der Waals surface area contributed by atoms with Crippen LogP contribution in [0.2, 0.25) is 0 Å². The molecule has 0 aliphatic heterocycles. The van der Waals surface area contributed by atoms with Crippen LogP contribution in [0.25, 0.3) is 0 Å². The van der Waals surface area contributed by atoms with Crippen LogP contribution in [0.15, 0.2) is 0 Å². The van der Waals surface area contributed by atoms with Crippen molar-refractivity contribution in [1.82, 2.24) is 0 Å². The predicted molar refractivity (Wildman–Crippen MR) is 30.4 cm³/mol. The standard InChI is InChI=1S/C6H12O2/c1-4(8)6-2-5(6)3-7/h4-8H,2-3H2,1H3/t4-,5-,6+/m0/s1. The summed E-state index contributed by atoms with van der Waals surface area (Å²) in [7, 11) is 0. The van der Waals surface area contributed by atoms with Gasteiger partial charge in [0, 0.05) is 6.61 Å². The Morgan fingerprint density at radius 3 is 2.50 bits per heavy atom. The highest BCUT2D eigenvalue weighted by Crippen LogP contribution is 2.40. The fourth-order valence-corrected chi connectivity index (χ4v) is 1.07. The van der Waals surface area contributed by atoms with E-state index in [0.29, 0.717) is 11.8 Å². The van der Waals surface area contributed by atoms with E-state index >= 15 is 0 Å². The minimum absolute atomic E-state index is 0.216. The minimum Gasteiger partial charge on any atom is -0.396 e. The van der Waals surface area contributed by atoms with Crippen LogP contribution in [-0.2, 0) is 0 Å². The molecule has 0 amide bonds. The summed E-state index contributed by atoms with van der Waals surface area (Å²) in [6.07, 6.45) is 0.792. The van der Waals surface area contributed by atoms with Gasteiger partial charge in [-0.15, -0.1) is 0 Å². The van der Waals surface area contributed by atoms with Crippen LogP contribution in [0.5, 0.6) is 0 Å². The van der Waals surface area contributed by atoms with Crippen LogP contribution in [0.1, 0.15) is 13.3 Å². The fourth-order valence-electron chi connectivity index (χ4n) is 1.07. The molecule has 3 atom stereocenters. The van der Waals surface area contributed by atoms with Gasteiger partial charge in [-0.3, -0.25) is 0 Å². The van der Waals surface area contributed by atoms with E-state index in [1.807, 2.05) is 0 Å². The molecular formula is C6H12O2. The molecule has 2 nitrogen and oxygen atoms in total. The minimum atomic E-state index is -0.216. The molecule has 0 unspecified atom stereocenters. The summed E-state index contributed by atoms with van der Waals surface area (Å²) in [5.74, 6) is 0.787. The van der Waals surface area contributed by atoms with E-state index in [0.717, 1.165) is 6.42 Å². The molecule has 8 heavy (non-hydrogen) atoms. The Hall–Kier alpha value is -0.0800. The Kier molecular flexibility index (Phi) is 1.54. The summed E-state index contributed by atoms with van der Waals surface area (Å²) >= 11 is 0. The summed E-state index contributed by atoms with van der Waals surface area (Å²) in [5.41, 5.74) is 0. The molecule has 0 aromatic heterocycles. The molecule has 2 N–H and O–H groups in total. The molecule has 0 aromatic rings. The first-order valence-electron chi connectivity index (χ1n) is 3.04. The highest BCUT2D eigenvalue weighted by atomic mass is 16.3. The maximum atomic E-state index is 8.88. The quantitative estimate of drug-likeness (QED) is 0.533. The molecule has 1 aliphatic carbocycles. The summed E-state index contributed by atoms with van der Waals surface area (Å²) in [4.78, 5) is 0. The zero-order chi connectivity index (χ0) is 6.15. The monoisotopic (exact) mass is 116 g/mol. The third kappa shape index (κ3) is 1.01. The zero-order valence-corrected chi connectivity index (χ0v) is 5.04. The predicted octanol–water partition coefficient (Wildman–Crippen LogP) is -0.00440. The van der Waals surface area contributed by atoms with Crippen LogP contribution < -0.4 is 0 Å². The molecule has 0 saturated heterocycles. The van der Waals surface area contributed by atoms with Gasteiger partial charge >= 0.3 is 0 Å². The normalized spacial score (nSPS) is 39.4. The Bertz CT molecular complexity index is 80.6. The number of rotatable bonds is 2. The van der Waals surface area contributed by atoms with Gasteiger partial charge in [-0.2, -0.15) is 0 Å². The van der Waals surface area contributed by atoms with E-state index in [9.17, 15) is 0 Å². The zero-order valence-electron chi connectivity index (χ0n) is 5.04. The lowest BCUT2D eigenvalue weighted by Crippen LogP contribution is -2.05. The van der Waals surface area contributed by atoms with E-state index in [4.69, 9.17) is 10.2 Å². The van der Waals surface area contributed by atoms with Crippen molar-refractivity contribution in [3.05, 3.63) is 0 Å². The smallest absolute Gasteiger partial charge is 0.0543 e.